The maximum Gasteiger partial charge on any atom is 0.276 e. The molecule has 0 bridgehead atoms. The molecule has 2 aliphatic rings. The van der Waals surface area contributed by atoms with Crippen molar-refractivity contribution in [3.05, 3.63) is 54.0 Å². The van der Waals surface area contributed by atoms with Gasteiger partial charge in [-0.15, -0.1) is 0 Å². The first kappa shape index (κ1) is 21.6. The minimum absolute atomic E-state index is 0.128. The molecule has 2 fully saturated rings. The van der Waals surface area contributed by atoms with Crippen LogP contribution in [0.1, 0.15) is 41.7 Å². The van der Waals surface area contributed by atoms with E-state index in [1.165, 1.54) is 18.4 Å². The van der Waals surface area contributed by atoms with Gasteiger partial charge in [0.25, 0.3) is 5.91 Å². The third kappa shape index (κ3) is 4.77. The highest BCUT2D eigenvalue weighted by Crippen LogP contribution is 2.28. The number of hydrogen-bond acceptors (Lipinski definition) is 7. The zero-order chi connectivity index (χ0) is 22.8. The van der Waals surface area contributed by atoms with Crippen molar-refractivity contribution in [2.75, 3.05) is 42.1 Å². The SMILES string of the molecule is Nc1cc2ccc(CN3CCCC3)cc2nc1C(=O)Nc1cnccc1N1CCCC(N)C1. The van der Waals surface area contributed by atoms with E-state index in [1.807, 2.05) is 18.2 Å². The molecule has 172 valence electrons. The van der Waals surface area contributed by atoms with E-state index in [0.717, 1.165) is 62.2 Å². The van der Waals surface area contributed by atoms with Crippen LogP contribution in [0.3, 0.4) is 0 Å². The molecule has 4 heterocycles. The van der Waals surface area contributed by atoms with Gasteiger partial charge in [0, 0.05) is 37.3 Å². The van der Waals surface area contributed by atoms with E-state index in [4.69, 9.17) is 11.5 Å². The van der Waals surface area contributed by atoms with Crippen molar-refractivity contribution in [2.45, 2.75) is 38.3 Å². The molecule has 8 heteroatoms. The lowest BCUT2D eigenvalue weighted by Crippen LogP contribution is -2.43. The lowest BCUT2D eigenvalue weighted by molar-refractivity contribution is 0.102. The Bertz CT molecular complexity index is 1160. The molecule has 2 aromatic heterocycles. The number of piperidine rings is 1. The predicted octanol–water partition coefficient (Wildman–Crippen LogP) is 2.99. The Hall–Kier alpha value is -3.23. The molecule has 8 nitrogen and oxygen atoms in total. The molecule has 1 amide bonds. The number of rotatable bonds is 5. The Kier molecular flexibility index (Phi) is 6.11. The van der Waals surface area contributed by atoms with E-state index < -0.39 is 0 Å². The zero-order valence-electron chi connectivity index (χ0n) is 18.8. The van der Waals surface area contributed by atoms with Gasteiger partial charge >= 0.3 is 0 Å². The quantitative estimate of drug-likeness (QED) is 0.553. The fraction of sp³-hybridized carbons (Fsp3) is 0.400. The molecule has 0 radical (unpaired) electrons. The van der Waals surface area contributed by atoms with E-state index in [2.05, 4.69) is 37.2 Å². The molecule has 2 aliphatic heterocycles. The summed E-state index contributed by atoms with van der Waals surface area (Å²) >= 11 is 0. The third-order valence-corrected chi connectivity index (χ3v) is 6.58. The summed E-state index contributed by atoms with van der Waals surface area (Å²) in [7, 11) is 0. The number of pyridine rings is 2. The number of nitrogens with one attached hydrogen (secondary N) is 1. The summed E-state index contributed by atoms with van der Waals surface area (Å²) in [6, 6.07) is 10.1. The van der Waals surface area contributed by atoms with Crippen LogP contribution < -0.4 is 21.7 Å². The van der Waals surface area contributed by atoms with Crippen LogP contribution in [-0.2, 0) is 6.54 Å². The van der Waals surface area contributed by atoms with Gasteiger partial charge in [-0.25, -0.2) is 4.98 Å². The van der Waals surface area contributed by atoms with E-state index >= 15 is 0 Å². The van der Waals surface area contributed by atoms with Gasteiger partial charge in [0.1, 0.15) is 0 Å². The second-order valence-electron chi connectivity index (χ2n) is 9.13. The predicted molar refractivity (Wildman–Crippen MR) is 132 cm³/mol. The van der Waals surface area contributed by atoms with Gasteiger partial charge in [0.15, 0.2) is 5.69 Å². The summed E-state index contributed by atoms with van der Waals surface area (Å²) < 4.78 is 0. The molecular formula is C25H31N7O. The number of amides is 1. The van der Waals surface area contributed by atoms with Crippen molar-refractivity contribution in [3.8, 4) is 0 Å². The van der Waals surface area contributed by atoms with Crippen LogP contribution in [-0.4, -0.2) is 53.0 Å². The first-order valence-corrected chi connectivity index (χ1v) is 11.7. The fourth-order valence-electron chi connectivity index (χ4n) is 4.88. The lowest BCUT2D eigenvalue weighted by Gasteiger charge is -2.33. The van der Waals surface area contributed by atoms with Crippen molar-refractivity contribution in [1.82, 2.24) is 14.9 Å². The highest BCUT2D eigenvalue weighted by Gasteiger charge is 2.21. The van der Waals surface area contributed by atoms with Gasteiger partial charge in [-0.2, -0.15) is 0 Å². The monoisotopic (exact) mass is 445 g/mol. The molecule has 5 rings (SSSR count). The molecule has 0 saturated carbocycles. The number of nitrogens with two attached hydrogens (primary N) is 2. The number of aromatic nitrogens is 2. The van der Waals surface area contributed by atoms with E-state index in [-0.39, 0.29) is 17.6 Å². The Labute approximate surface area is 194 Å². The largest absolute Gasteiger partial charge is 0.397 e. The standard InChI is InChI=1S/C25H31N7O/c26-19-4-3-11-32(16-19)23-7-8-28-14-22(23)30-25(33)24-20(27)13-18-6-5-17(12-21(18)29-24)15-31-9-1-2-10-31/h5-8,12-14,19H,1-4,9-11,15-16,26-27H2,(H,30,33). The van der Waals surface area contributed by atoms with Crippen molar-refractivity contribution in [3.63, 3.8) is 0 Å². The first-order valence-electron chi connectivity index (χ1n) is 11.7. The number of benzene rings is 1. The van der Waals surface area contributed by atoms with Gasteiger partial charge in [-0.05, 0) is 62.5 Å². The number of anilines is 3. The van der Waals surface area contributed by atoms with Crippen molar-refractivity contribution in [1.29, 1.82) is 0 Å². The molecule has 0 spiro atoms. The molecule has 1 atom stereocenters. The number of nitrogens with zero attached hydrogens (tertiary/aromatic N) is 4. The average Bonchev–Trinajstić information content (AvgIpc) is 3.32. The minimum atomic E-state index is -0.338. The number of hydrogen-bond donors (Lipinski definition) is 3. The number of carbonyl (C=O) groups excluding carboxylic acids is 1. The number of fused-ring (bicyclic) bond motifs is 1. The highest BCUT2D eigenvalue weighted by molar-refractivity contribution is 6.09. The van der Waals surface area contributed by atoms with E-state index in [1.54, 1.807) is 12.4 Å². The van der Waals surface area contributed by atoms with Crippen LogP contribution in [0.4, 0.5) is 17.1 Å². The topological polar surface area (TPSA) is 113 Å². The Morgan fingerprint density at radius 3 is 2.79 bits per heavy atom. The van der Waals surface area contributed by atoms with E-state index in [9.17, 15) is 4.79 Å². The lowest BCUT2D eigenvalue weighted by atomic mass is 10.1. The van der Waals surface area contributed by atoms with Gasteiger partial charge < -0.3 is 21.7 Å². The Balaban J connectivity index is 1.39. The van der Waals surface area contributed by atoms with Crippen LogP contribution in [0.5, 0.6) is 0 Å². The van der Waals surface area contributed by atoms with Crippen LogP contribution in [0, 0.1) is 0 Å². The molecule has 1 aromatic carbocycles. The number of carbonyl (C=O) groups is 1. The van der Waals surface area contributed by atoms with Gasteiger partial charge in [-0.1, -0.05) is 12.1 Å². The van der Waals surface area contributed by atoms with Crippen LogP contribution in [0.15, 0.2) is 42.7 Å². The molecule has 33 heavy (non-hydrogen) atoms. The molecule has 0 aliphatic carbocycles. The van der Waals surface area contributed by atoms with Crippen molar-refractivity contribution in [2.24, 2.45) is 5.73 Å². The maximum atomic E-state index is 13.2. The van der Waals surface area contributed by atoms with Crippen molar-refractivity contribution >= 4 is 33.9 Å². The summed E-state index contributed by atoms with van der Waals surface area (Å²) in [4.78, 5) is 26.7. The summed E-state index contributed by atoms with van der Waals surface area (Å²) in [6.07, 6.45) is 7.95. The second-order valence-corrected chi connectivity index (χ2v) is 9.13. The summed E-state index contributed by atoms with van der Waals surface area (Å²) in [6.45, 7) is 4.83. The molecule has 1 unspecified atom stereocenters. The highest BCUT2D eigenvalue weighted by atomic mass is 16.1. The maximum absolute atomic E-state index is 13.2. The molecule has 2 saturated heterocycles. The Morgan fingerprint density at radius 2 is 1.97 bits per heavy atom. The van der Waals surface area contributed by atoms with Crippen LogP contribution >= 0.6 is 0 Å². The number of nitrogen functional groups attached to an aromatic ring is 1. The number of likely N-dealkylation sites (tertiary alicyclic amines) is 1. The molecular weight excluding hydrogens is 414 g/mol. The van der Waals surface area contributed by atoms with Crippen LogP contribution in [0.2, 0.25) is 0 Å². The smallest absolute Gasteiger partial charge is 0.276 e. The fourth-order valence-corrected chi connectivity index (χ4v) is 4.88. The van der Waals surface area contributed by atoms with Crippen LogP contribution in [0.25, 0.3) is 10.9 Å². The first-order chi connectivity index (χ1) is 16.1. The van der Waals surface area contributed by atoms with E-state index in [0.29, 0.717) is 11.4 Å². The Morgan fingerprint density at radius 1 is 1.12 bits per heavy atom. The normalized spacial score (nSPS) is 19.2. The summed E-state index contributed by atoms with van der Waals surface area (Å²) in [5.74, 6) is -0.338. The van der Waals surface area contributed by atoms with Gasteiger partial charge in [-0.3, -0.25) is 14.7 Å². The molecule has 3 aromatic rings. The molecule has 5 N–H and O–H groups in total. The third-order valence-electron chi connectivity index (χ3n) is 6.58. The van der Waals surface area contributed by atoms with Gasteiger partial charge in [0.05, 0.1) is 28.8 Å². The van der Waals surface area contributed by atoms with Gasteiger partial charge in [0.2, 0.25) is 0 Å². The average molecular weight is 446 g/mol. The van der Waals surface area contributed by atoms with Crippen molar-refractivity contribution < 1.29 is 4.79 Å². The summed E-state index contributed by atoms with van der Waals surface area (Å²) in [5, 5.41) is 3.91. The zero-order valence-corrected chi connectivity index (χ0v) is 18.8. The minimum Gasteiger partial charge on any atom is -0.397 e. The second kappa shape index (κ2) is 9.33. The summed E-state index contributed by atoms with van der Waals surface area (Å²) in [5.41, 5.74) is 16.5.